The second-order valence-corrected chi connectivity index (χ2v) is 5.74. The Balaban J connectivity index is 2.87. The molecule has 1 aromatic rings. The van der Waals surface area contributed by atoms with Crippen LogP contribution in [-0.2, 0) is 19.5 Å². The number of nitrogens with zero attached hydrogens (tertiary/aromatic N) is 3. The van der Waals surface area contributed by atoms with E-state index in [1.807, 2.05) is 0 Å². The molecule has 94 valence electrons. The Morgan fingerprint density at radius 2 is 2.29 bits per heavy atom. The van der Waals surface area contributed by atoms with E-state index in [-0.39, 0.29) is 11.0 Å². The highest BCUT2D eigenvalue weighted by molar-refractivity contribution is 7.90. The Hall–Kier alpha value is -1.75. The number of sulfone groups is 1. The number of hydrogen-bond donors (Lipinski definition) is 2. The molecule has 0 spiro atoms. The van der Waals surface area contributed by atoms with Crippen molar-refractivity contribution in [1.82, 2.24) is 9.36 Å². The first-order valence-corrected chi connectivity index (χ1v) is 6.83. The molecule has 0 radical (unpaired) electrons. The number of anilines is 1. The predicted octanol–water partition coefficient (Wildman–Crippen LogP) is -1.07. The molecule has 9 nitrogen and oxygen atoms in total. The van der Waals surface area contributed by atoms with Crippen molar-refractivity contribution in [3.63, 3.8) is 0 Å². The van der Waals surface area contributed by atoms with Gasteiger partial charge >= 0.3 is 5.97 Å². The van der Waals surface area contributed by atoms with Gasteiger partial charge in [0.05, 0.1) is 0 Å². The van der Waals surface area contributed by atoms with Gasteiger partial charge in [0, 0.05) is 17.8 Å². The first kappa shape index (κ1) is 13.3. The zero-order chi connectivity index (χ0) is 13.1. The monoisotopic (exact) mass is 280 g/mol. The van der Waals surface area contributed by atoms with Gasteiger partial charge in [-0.25, -0.2) is 13.2 Å². The lowest BCUT2D eigenvalue weighted by Gasteiger charge is -1.98. The average Bonchev–Trinajstić information content (AvgIpc) is 2.57. The van der Waals surface area contributed by atoms with E-state index in [0.717, 1.165) is 17.8 Å². The van der Waals surface area contributed by atoms with E-state index in [1.165, 1.54) is 0 Å². The minimum Gasteiger partial charge on any atom is -0.476 e. The van der Waals surface area contributed by atoms with Gasteiger partial charge in [-0.05, 0) is 0 Å². The molecule has 0 aliphatic heterocycles. The summed E-state index contributed by atoms with van der Waals surface area (Å²) >= 11 is 0.788. The molecular weight excluding hydrogens is 272 g/mol. The van der Waals surface area contributed by atoms with Gasteiger partial charge in [-0.2, -0.15) is 9.36 Å². The molecule has 3 N–H and O–H groups in total. The van der Waals surface area contributed by atoms with Crippen molar-refractivity contribution in [3.8, 4) is 0 Å². The fraction of sp³-hybridized carbons (Fsp3) is 0.333. The minimum absolute atomic E-state index is 0.0667. The summed E-state index contributed by atoms with van der Waals surface area (Å²) in [7, 11) is -3.41. The Bertz CT molecular complexity index is 549. The van der Waals surface area contributed by atoms with E-state index in [1.54, 1.807) is 0 Å². The number of hydrogen-bond acceptors (Lipinski definition) is 9. The van der Waals surface area contributed by atoms with Crippen molar-refractivity contribution >= 4 is 38.2 Å². The smallest absolute Gasteiger partial charge is 0.362 e. The zero-order valence-electron chi connectivity index (χ0n) is 8.52. The molecule has 0 bridgehead atoms. The van der Waals surface area contributed by atoms with Crippen LogP contribution < -0.4 is 5.73 Å². The molecule has 1 aromatic heterocycles. The predicted molar refractivity (Wildman–Crippen MR) is 59.3 cm³/mol. The van der Waals surface area contributed by atoms with Crippen LogP contribution in [0.4, 0.5) is 5.13 Å². The third-order valence-corrected chi connectivity index (χ3v) is 2.35. The lowest BCUT2D eigenvalue weighted by molar-refractivity contribution is -0.129. The van der Waals surface area contributed by atoms with E-state index in [9.17, 15) is 13.2 Å². The summed E-state index contributed by atoms with van der Waals surface area (Å²) in [6.45, 7) is 0. The summed E-state index contributed by atoms with van der Waals surface area (Å²) in [4.78, 5) is 18.8. The van der Waals surface area contributed by atoms with Crippen LogP contribution >= 0.6 is 11.5 Å². The number of aliphatic carboxylic acids is 1. The molecule has 0 saturated carbocycles. The van der Waals surface area contributed by atoms with Gasteiger partial charge in [0.15, 0.2) is 15.0 Å². The zero-order valence-corrected chi connectivity index (χ0v) is 10.2. The molecule has 1 heterocycles. The van der Waals surface area contributed by atoms with Crippen molar-refractivity contribution in [2.45, 2.75) is 0 Å². The maximum Gasteiger partial charge on any atom is 0.362 e. The van der Waals surface area contributed by atoms with Gasteiger partial charge in [-0.15, -0.1) is 0 Å². The summed E-state index contributed by atoms with van der Waals surface area (Å²) in [6, 6.07) is 0. The third kappa shape index (κ3) is 4.32. The van der Waals surface area contributed by atoms with E-state index in [2.05, 4.69) is 19.4 Å². The SMILES string of the molecule is CS(=O)(=O)CO/N=C(\C(=O)O)c1nsc(N)n1. The molecule has 0 unspecified atom stereocenters. The fourth-order valence-electron chi connectivity index (χ4n) is 0.694. The number of rotatable bonds is 5. The van der Waals surface area contributed by atoms with E-state index in [0.29, 0.717) is 0 Å². The Labute approximate surface area is 100.0 Å². The van der Waals surface area contributed by atoms with E-state index < -0.39 is 27.5 Å². The second-order valence-electron chi connectivity index (χ2n) is 2.87. The van der Waals surface area contributed by atoms with Gasteiger partial charge in [0.2, 0.25) is 17.5 Å². The summed E-state index contributed by atoms with van der Waals surface area (Å²) < 4.78 is 25.1. The van der Waals surface area contributed by atoms with Crippen LogP contribution in [0.2, 0.25) is 0 Å². The van der Waals surface area contributed by atoms with Crippen LogP contribution in [0.1, 0.15) is 5.82 Å². The molecule has 0 amide bonds. The summed E-state index contributed by atoms with van der Waals surface area (Å²) in [5, 5.41) is 12.0. The number of nitrogen functional groups attached to an aromatic ring is 1. The first-order valence-electron chi connectivity index (χ1n) is 4.00. The van der Waals surface area contributed by atoms with Crippen LogP contribution in [0.5, 0.6) is 0 Å². The molecule has 11 heteroatoms. The highest BCUT2D eigenvalue weighted by Gasteiger charge is 2.19. The summed E-state index contributed by atoms with van der Waals surface area (Å²) in [5.41, 5.74) is 4.67. The van der Waals surface area contributed by atoms with Crippen LogP contribution in [0.3, 0.4) is 0 Å². The van der Waals surface area contributed by atoms with Gasteiger partial charge in [0.1, 0.15) is 0 Å². The number of oxime groups is 1. The Morgan fingerprint density at radius 1 is 1.65 bits per heavy atom. The normalized spacial score (nSPS) is 12.4. The minimum atomic E-state index is -3.41. The lowest BCUT2D eigenvalue weighted by atomic mass is 10.4. The molecule has 0 aliphatic carbocycles. The number of carbonyl (C=O) groups is 1. The maximum absolute atomic E-state index is 10.8. The number of nitrogens with two attached hydrogens (primary N) is 1. The Kier molecular flexibility index (Phi) is 3.96. The molecule has 0 fully saturated rings. The molecule has 1 rings (SSSR count). The van der Waals surface area contributed by atoms with Gasteiger partial charge in [-0.3, -0.25) is 0 Å². The van der Waals surface area contributed by atoms with Crippen molar-refractivity contribution in [2.75, 3.05) is 17.9 Å². The van der Waals surface area contributed by atoms with Crippen molar-refractivity contribution in [3.05, 3.63) is 5.82 Å². The fourth-order valence-corrected chi connectivity index (χ4v) is 1.37. The summed E-state index contributed by atoms with van der Waals surface area (Å²) in [5.74, 6) is -2.41. The van der Waals surface area contributed by atoms with Crippen LogP contribution in [-0.4, -0.2) is 46.8 Å². The number of carboxylic acid groups (broad SMARTS) is 1. The van der Waals surface area contributed by atoms with Crippen LogP contribution in [0, 0.1) is 0 Å². The van der Waals surface area contributed by atoms with Crippen LogP contribution in [0.15, 0.2) is 5.16 Å². The van der Waals surface area contributed by atoms with Crippen molar-refractivity contribution in [1.29, 1.82) is 0 Å². The highest BCUT2D eigenvalue weighted by Crippen LogP contribution is 2.07. The molecule has 0 aliphatic rings. The standard InChI is InChI=1S/C6H8N4O5S2/c1-17(13,14)2-15-9-3(5(11)12)4-8-6(7)16-10-4/h2H2,1H3,(H,11,12)(H2,7,8,10)/b9-3-. The van der Waals surface area contributed by atoms with Gasteiger partial charge < -0.3 is 15.7 Å². The first-order chi connectivity index (χ1) is 7.79. The molecule has 0 aromatic carbocycles. The Morgan fingerprint density at radius 3 is 2.71 bits per heavy atom. The topological polar surface area (TPSA) is 145 Å². The molecular formula is C6H8N4O5S2. The van der Waals surface area contributed by atoms with Gasteiger partial charge in [-0.1, -0.05) is 5.16 Å². The average molecular weight is 280 g/mol. The maximum atomic E-state index is 10.8. The summed E-state index contributed by atoms with van der Waals surface area (Å²) in [6.07, 6.45) is 0.919. The van der Waals surface area contributed by atoms with Crippen molar-refractivity contribution < 1.29 is 23.2 Å². The molecule has 0 atom stereocenters. The largest absolute Gasteiger partial charge is 0.476 e. The lowest BCUT2D eigenvalue weighted by Crippen LogP contribution is -2.17. The highest BCUT2D eigenvalue weighted by atomic mass is 32.2. The molecule has 0 saturated heterocycles. The van der Waals surface area contributed by atoms with Crippen molar-refractivity contribution in [2.24, 2.45) is 5.16 Å². The number of aromatic nitrogens is 2. The third-order valence-electron chi connectivity index (χ3n) is 1.28. The second kappa shape index (κ2) is 5.05. The number of carboxylic acids is 1. The van der Waals surface area contributed by atoms with Crippen LogP contribution in [0.25, 0.3) is 0 Å². The van der Waals surface area contributed by atoms with Gasteiger partial charge in [0.25, 0.3) is 0 Å². The van der Waals surface area contributed by atoms with E-state index >= 15 is 0 Å². The molecule has 17 heavy (non-hydrogen) atoms. The van der Waals surface area contributed by atoms with E-state index in [4.69, 9.17) is 10.8 Å². The quantitative estimate of drug-likeness (QED) is 0.512.